The van der Waals surface area contributed by atoms with Gasteiger partial charge in [-0.25, -0.2) is 0 Å². The first-order valence-electron chi connectivity index (χ1n) is 5.29. The fourth-order valence-electron chi connectivity index (χ4n) is 1.82. The maximum Gasteiger partial charge on any atom is 0.254 e. The number of aromatic amines is 1. The molecule has 0 spiro atoms. The van der Waals surface area contributed by atoms with Crippen molar-refractivity contribution in [3.8, 4) is 0 Å². The van der Waals surface area contributed by atoms with Crippen molar-refractivity contribution >= 4 is 5.91 Å². The van der Waals surface area contributed by atoms with Crippen LogP contribution in [0.4, 0.5) is 0 Å². The van der Waals surface area contributed by atoms with Crippen LogP contribution in [0.2, 0.25) is 0 Å². The van der Waals surface area contributed by atoms with Crippen molar-refractivity contribution in [3.63, 3.8) is 0 Å². The minimum Gasteiger partial charge on any atom is -0.348 e. The van der Waals surface area contributed by atoms with Crippen molar-refractivity contribution < 1.29 is 4.79 Å². The molecule has 82 valence electrons. The van der Waals surface area contributed by atoms with Gasteiger partial charge in [-0.2, -0.15) is 5.10 Å². The van der Waals surface area contributed by atoms with E-state index in [1.165, 1.54) is 0 Å². The average molecular weight is 208 g/mol. The molecule has 1 aromatic rings. The molecule has 0 aromatic carbocycles. The van der Waals surface area contributed by atoms with Crippen molar-refractivity contribution in [2.24, 2.45) is 0 Å². The Hall–Kier alpha value is -1.36. The van der Waals surface area contributed by atoms with Crippen LogP contribution in [-0.2, 0) is 0 Å². The smallest absolute Gasteiger partial charge is 0.254 e. The summed E-state index contributed by atoms with van der Waals surface area (Å²) in [6, 6.07) is 0.251. The van der Waals surface area contributed by atoms with Crippen molar-refractivity contribution in [2.45, 2.75) is 25.8 Å². The minimum atomic E-state index is -0.0325. The van der Waals surface area contributed by atoms with Crippen LogP contribution in [-0.4, -0.2) is 35.2 Å². The maximum atomic E-state index is 11.8. The minimum absolute atomic E-state index is 0.0325. The van der Waals surface area contributed by atoms with Gasteiger partial charge in [-0.1, -0.05) is 0 Å². The summed E-state index contributed by atoms with van der Waals surface area (Å²) < 4.78 is 0. The number of hydrogen-bond acceptors (Lipinski definition) is 3. The molecule has 5 nitrogen and oxygen atoms in total. The highest BCUT2D eigenvalue weighted by atomic mass is 16.1. The third kappa shape index (κ3) is 2.36. The van der Waals surface area contributed by atoms with Gasteiger partial charge >= 0.3 is 0 Å². The van der Waals surface area contributed by atoms with Gasteiger partial charge < -0.3 is 10.6 Å². The first-order chi connectivity index (χ1) is 7.27. The van der Waals surface area contributed by atoms with Gasteiger partial charge in [0.1, 0.15) is 0 Å². The van der Waals surface area contributed by atoms with Gasteiger partial charge in [0, 0.05) is 18.3 Å². The Labute approximate surface area is 88.6 Å². The molecule has 1 atom stereocenters. The van der Waals surface area contributed by atoms with Crippen molar-refractivity contribution in [2.75, 3.05) is 13.1 Å². The normalized spacial score (nSPS) is 21.3. The molecule has 2 rings (SSSR count). The molecule has 1 saturated heterocycles. The highest BCUT2D eigenvalue weighted by Gasteiger charge is 2.17. The number of nitrogens with zero attached hydrogens (tertiary/aromatic N) is 1. The van der Waals surface area contributed by atoms with Crippen LogP contribution in [0, 0.1) is 6.92 Å². The molecule has 2 heterocycles. The molecular weight excluding hydrogens is 192 g/mol. The second-order valence-corrected chi connectivity index (χ2v) is 3.93. The number of amides is 1. The van der Waals surface area contributed by atoms with Gasteiger partial charge in [0.25, 0.3) is 5.91 Å². The largest absolute Gasteiger partial charge is 0.348 e. The van der Waals surface area contributed by atoms with Crippen molar-refractivity contribution in [3.05, 3.63) is 17.5 Å². The summed E-state index contributed by atoms with van der Waals surface area (Å²) in [6.07, 6.45) is 3.74. The molecule has 0 radical (unpaired) electrons. The van der Waals surface area contributed by atoms with E-state index in [0.717, 1.165) is 31.6 Å². The van der Waals surface area contributed by atoms with E-state index in [-0.39, 0.29) is 11.9 Å². The molecule has 15 heavy (non-hydrogen) atoms. The van der Waals surface area contributed by atoms with Crippen LogP contribution in [0.25, 0.3) is 0 Å². The lowest BCUT2D eigenvalue weighted by molar-refractivity contribution is 0.0930. The Morgan fingerprint density at radius 2 is 2.53 bits per heavy atom. The van der Waals surface area contributed by atoms with Crippen LogP contribution in [0.1, 0.15) is 28.9 Å². The topological polar surface area (TPSA) is 69.8 Å². The van der Waals surface area contributed by atoms with Crippen molar-refractivity contribution in [1.29, 1.82) is 0 Å². The zero-order chi connectivity index (χ0) is 10.7. The van der Waals surface area contributed by atoms with Gasteiger partial charge in [0.2, 0.25) is 0 Å². The molecule has 1 aliphatic heterocycles. The van der Waals surface area contributed by atoms with Crippen LogP contribution >= 0.6 is 0 Å². The zero-order valence-corrected chi connectivity index (χ0v) is 8.84. The lowest BCUT2D eigenvalue weighted by Crippen LogP contribution is -2.45. The van der Waals surface area contributed by atoms with E-state index >= 15 is 0 Å². The van der Waals surface area contributed by atoms with Crippen LogP contribution < -0.4 is 10.6 Å². The number of carbonyl (C=O) groups excluding carboxylic acids is 1. The summed E-state index contributed by atoms with van der Waals surface area (Å²) in [5, 5.41) is 12.9. The molecule has 0 aliphatic carbocycles. The molecule has 1 fully saturated rings. The van der Waals surface area contributed by atoms with E-state index in [9.17, 15) is 4.79 Å². The number of carbonyl (C=O) groups is 1. The summed E-state index contributed by atoms with van der Waals surface area (Å²) in [5.74, 6) is -0.0325. The number of hydrogen-bond donors (Lipinski definition) is 3. The fraction of sp³-hybridized carbons (Fsp3) is 0.600. The van der Waals surface area contributed by atoms with E-state index in [1.54, 1.807) is 6.20 Å². The summed E-state index contributed by atoms with van der Waals surface area (Å²) in [7, 11) is 0. The molecule has 1 aromatic heterocycles. The summed E-state index contributed by atoms with van der Waals surface area (Å²) in [6.45, 7) is 3.76. The Balaban J connectivity index is 1.94. The average Bonchev–Trinajstić information content (AvgIpc) is 2.66. The molecule has 0 saturated carbocycles. The number of aromatic nitrogens is 2. The quantitative estimate of drug-likeness (QED) is 0.650. The molecule has 0 bridgehead atoms. The lowest BCUT2D eigenvalue weighted by atomic mass is 10.1. The maximum absolute atomic E-state index is 11.8. The van der Waals surface area contributed by atoms with Gasteiger partial charge in [-0.3, -0.25) is 9.89 Å². The molecule has 5 heteroatoms. The fourth-order valence-corrected chi connectivity index (χ4v) is 1.82. The Kier molecular flexibility index (Phi) is 3.01. The zero-order valence-electron chi connectivity index (χ0n) is 8.84. The van der Waals surface area contributed by atoms with Gasteiger partial charge in [-0.05, 0) is 26.3 Å². The Morgan fingerprint density at radius 3 is 3.13 bits per heavy atom. The number of nitrogens with one attached hydrogen (secondary N) is 3. The number of piperidine rings is 1. The van der Waals surface area contributed by atoms with E-state index < -0.39 is 0 Å². The lowest BCUT2D eigenvalue weighted by Gasteiger charge is -2.23. The van der Waals surface area contributed by atoms with Crippen LogP contribution in [0.3, 0.4) is 0 Å². The molecule has 1 aliphatic rings. The standard InChI is InChI=1S/C10H16N4O/c1-7-9(6-12-14-7)10(15)13-8-3-2-4-11-5-8/h6,8,11H,2-5H2,1H3,(H,12,14)(H,13,15). The third-order valence-corrected chi connectivity index (χ3v) is 2.71. The van der Waals surface area contributed by atoms with Gasteiger partial charge in [-0.15, -0.1) is 0 Å². The van der Waals surface area contributed by atoms with E-state index in [1.807, 2.05) is 6.92 Å². The van der Waals surface area contributed by atoms with Gasteiger partial charge in [0.05, 0.1) is 11.8 Å². The molecule has 1 unspecified atom stereocenters. The molecule has 1 amide bonds. The highest BCUT2D eigenvalue weighted by molar-refractivity contribution is 5.95. The highest BCUT2D eigenvalue weighted by Crippen LogP contribution is 2.06. The van der Waals surface area contributed by atoms with Crippen LogP contribution in [0.15, 0.2) is 6.20 Å². The predicted molar refractivity (Wildman–Crippen MR) is 56.7 cm³/mol. The van der Waals surface area contributed by atoms with Gasteiger partial charge in [0.15, 0.2) is 0 Å². The Morgan fingerprint density at radius 1 is 1.67 bits per heavy atom. The number of H-pyrrole nitrogens is 1. The van der Waals surface area contributed by atoms with E-state index in [4.69, 9.17) is 0 Å². The van der Waals surface area contributed by atoms with Crippen LogP contribution in [0.5, 0.6) is 0 Å². The summed E-state index contributed by atoms with van der Waals surface area (Å²) in [4.78, 5) is 11.8. The first kappa shape index (κ1) is 10.2. The predicted octanol–water partition coefficient (Wildman–Crippen LogP) is 0.200. The molecule has 3 N–H and O–H groups in total. The van der Waals surface area contributed by atoms with E-state index in [2.05, 4.69) is 20.8 Å². The number of rotatable bonds is 2. The SMILES string of the molecule is Cc1[nH]ncc1C(=O)NC1CCCNC1. The summed E-state index contributed by atoms with van der Waals surface area (Å²) in [5.41, 5.74) is 1.46. The van der Waals surface area contributed by atoms with E-state index in [0.29, 0.717) is 5.56 Å². The Bertz CT molecular complexity index is 341. The summed E-state index contributed by atoms with van der Waals surface area (Å²) >= 11 is 0. The second-order valence-electron chi connectivity index (χ2n) is 3.93. The molecular formula is C10H16N4O. The second kappa shape index (κ2) is 4.44. The monoisotopic (exact) mass is 208 g/mol. The number of aryl methyl sites for hydroxylation is 1. The third-order valence-electron chi connectivity index (χ3n) is 2.71. The van der Waals surface area contributed by atoms with Crippen molar-refractivity contribution in [1.82, 2.24) is 20.8 Å². The first-order valence-corrected chi connectivity index (χ1v) is 5.29.